The van der Waals surface area contributed by atoms with E-state index < -0.39 is 15.7 Å². The van der Waals surface area contributed by atoms with E-state index in [1.165, 1.54) is 13.0 Å². The van der Waals surface area contributed by atoms with Crippen molar-refractivity contribution in [1.82, 2.24) is 9.97 Å². The number of aromatic nitrogens is 2. The van der Waals surface area contributed by atoms with Crippen molar-refractivity contribution in [3.05, 3.63) is 47.4 Å². The first-order valence-corrected chi connectivity index (χ1v) is 10.3. The molecule has 142 valence electrons. The first-order chi connectivity index (χ1) is 12.7. The van der Waals surface area contributed by atoms with Crippen molar-refractivity contribution in [3.8, 4) is 0 Å². The molecule has 27 heavy (non-hydrogen) atoms. The molecule has 1 aromatic heterocycles. The van der Waals surface area contributed by atoms with E-state index in [9.17, 15) is 18.0 Å². The highest BCUT2D eigenvalue weighted by molar-refractivity contribution is 7.91. The van der Waals surface area contributed by atoms with E-state index in [1.807, 2.05) is 0 Å². The van der Waals surface area contributed by atoms with Crippen molar-refractivity contribution in [2.45, 2.75) is 26.3 Å². The molecule has 0 bridgehead atoms. The van der Waals surface area contributed by atoms with Crippen LogP contribution in [0.4, 0.5) is 11.5 Å². The molecule has 2 heterocycles. The number of aryl methyl sites for hydroxylation is 1. The van der Waals surface area contributed by atoms with Crippen molar-refractivity contribution in [3.63, 3.8) is 0 Å². The van der Waals surface area contributed by atoms with Gasteiger partial charge in [0.25, 0.3) is 5.91 Å². The molecule has 9 heteroatoms. The third kappa shape index (κ3) is 4.88. The normalized spacial score (nSPS) is 18.1. The smallest absolute Gasteiger partial charge is 0.274 e. The summed E-state index contributed by atoms with van der Waals surface area (Å²) in [6.07, 6.45) is 0.509. The molecule has 1 unspecified atom stereocenters. The van der Waals surface area contributed by atoms with Crippen LogP contribution in [0.2, 0.25) is 0 Å². The number of hydrogen-bond donors (Lipinski definition) is 2. The Kier molecular flexibility index (Phi) is 5.22. The summed E-state index contributed by atoms with van der Waals surface area (Å²) in [7, 11) is -3.01. The van der Waals surface area contributed by atoms with Gasteiger partial charge >= 0.3 is 0 Å². The summed E-state index contributed by atoms with van der Waals surface area (Å²) in [5, 5.41) is 5.79. The number of anilines is 2. The number of amides is 1. The summed E-state index contributed by atoms with van der Waals surface area (Å²) in [4.78, 5) is 32.2. The molecular weight excluding hydrogens is 368 g/mol. The fourth-order valence-electron chi connectivity index (χ4n) is 2.86. The summed E-state index contributed by atoms with van der Waals surface area (Å²) in [6.45, 7) is 3.14. The Morgan fingerprint density at radius 3 is 2.44 bits per heavy atom. The molecule has 8 nitrogen and oxygen atoms in total. The second-order valence-electron chi connectivity index (χ2n) is 6.52. The first-order valence-electron chi connectivity index (χ1n) is 8.47. The number of hydrogen-bond acceptors (Lipinski definition) is 7. The van der Waals surface area contributed by atoms with E-state index in [1.54, 1.807) is 31.2 Å². The number of ketones is 1. The lowest BCUT2D eigenvalue weighted by Gasteiger charge is -2.13. The Labute approximate surface area is 157 Å². The molecule has 0 spiro atoms. The minimum Gasteiger partial charge on any atom is -0.366 e. The molecule has 3 rings (SSSR count). The van der Waals surface area contributed by atoms with Crippen LogP contribution in [0, 0.1) is 6.92 Å². The standard InChI is InChI=1S/C18H20N4O4S/c1-11(23)13-3-5-14(6-4-13)22-18(24)16-9-17(20-12(2)19-16)21-15-7-8-27(25,26)10-15/h3-6,9,15H,7-8,10H2,1-2H3,(H,22,24)(H,19,20,21). The largest absolute Gasteiger partial charge is 0.366 e. The molecule has 1 saturated heterocycles. The number of carbonyl (C=O) groups excluding carboxylic acids is 2. The molecule has 1 amide bonds. The summed E-state index contributed by atoms with van der Waals surface area (Å²) >= 11 is 0. The number of rotatable bonds is 5. The lowest BCUT2D eigenvalue weighted by atomic mass is 10.1. The maximum Gasteiger partial charge on any atom is 0.274 e. The molecule has 2 N–H and O–H groups in total. The predicted molar refractivity (Wildman–Crippen MR) is 102 cm³/mol. The minimum atomic E-state index is -3.01. The number of carbonyl (C=O) groups is 2. The maximum absolute atomic E-state index is 12.5. The minimum absolute atomic E-state index is 0.0519. The van der Waals surface area contributed by atoms with Gasteiger partial charge in [0.2, 0.25) is 0 Å². The SMILES string of the molecule is CC(=O)c1ccc(NC(=O)c2cc(NC3CCS(=O)(=O)C3)nc(C)n2)cc1. The third-order valence-electron chi connectivity index (χ3n) is 4.20. The number of nitrogens with zero attached hydrogens (tertiary/aromatic N) is 2. The second kappa shape index (κ2) is 7.43. The van der Waals surface area contributed by atoms with Gasteiger partial charge in [0, 0.05) is 23.4 Å². The Morgan fingerprint density at radius 2 is 1.85 bits per heavy atom. The fourth-order valence-corrected chi connectivity index (χ4v) is 4.53. The van der Waals surface area contributed by atoms with Crippen molar-refractivity contribution in [2.75, 3.05) is 22.1 Å². The molecular formula is C18H20N4O4S. The van der Waals surface area contributed by atoms with Crippen LogP contribution in [0.1, 0.15) is 40.0 Å². The van der Waals surface area contributed by atoms with Crippen molar-refractivity contribution >= 4 is 33.0 Å². The zero-order chi connectivity index (χ0) is 19.6. The lowest BCUT2D eigenvalue weighted by Crippen LogP contribution is -2.22. The molecule has 1 atom stereocenters. The molecule has 0 saturated carbocycles. The number of nitrogens with one attached hydrogen (secondary N) is 2. The highest BCUT2D eigenvalue weighted by Crippen LogP contribution is 2.18. The highest BCUT2D eigenvalue weighted by Gasteiger charge is 2.28. The molecule has 1 fully saturated rings. The van der Waals surface area contributed by atoms with Gasteiger partial charge in [0.1, 0.15) is 17.3 Å². The average Bonchev–Trinajstić information content (AvgIpc) is 2.93. The average molecular weight is 388 g/mol. The van der Waals surface area contributed by atoms with E-state index in [-0.39, 0.29) is 29.0 Å². The van der Waals surface area contributed by atoms with Gasteiger partial charge in [0.15, 0.2) is 15.6 Å². The number of benzene rings is 1. The van der Waals surface area contributed by atoms with Gasteiger partial charge < -0.3 is 10.6 Å². The number of Topliss-reactive ketones (excluding diaryl/α,β-unsaturated/α-hetero) is 1. The third-order valence-corrected chi connectivity index (χ3v) is 5.97. The van der Waals surface area contributed by atoms with Gasteiger partial charge in [-0.15, -0.1) is 0 Å². The molecule has 1 aromatic carbocycles. The van der Waals surface area contributed by atoms with Gasteiger partial charge in [-0.2, -0.15) is 0 Å². The van der Waals surface area contributed by atoms with Crippen LogP contribution < -0.4 is 10.6 Å². The molecule has 0 radical (unpaired) electrons. The van der Waals surface area contributed by atoms with Crippen LogP contribution in [0.3, 0.4) is 0 Å². The van der Waals surface area contributed by atoms with Crippen LogP contribution in [0.25, 0.3) is 0 Å². The van der Waals surface area contributed by atoms with Crippen LogP contribution in [-0.4, -0.2) is 47.6 Å². The molecule has 2 aromatic rings. The fraction of sp³-hybridized carbons (Fsp3) is 0.333. The Morgan fingerprint density at radius 1 is 1.15 bits per heavy atom. The van der Waals surface area contributed by atoms with Gasteiger partial charge in [-0.3, -0.25) is 9.59 Å². The molecule has 1 aliphatic rings. The van der Waals surface area contributed by atoms with E-state index >= 15 is 0 Å². The van der Waals surface area contributed by atoms with Crippen LogP contribution >= 0.6 is 0 Å². The van der Waals surface area contributed by atoms with Crippen molar-refractivity contribution in [1.29, 1.82) is 0 Å². The Bertz CT molecular complexity index is 987. The van der Waals surface area contributed by atoms with Crippen molar-refractivity contribution < 1.29 is 18.0 Å². The maximum atomic E-state index is 12.5. The van der Waals surface area contributed by atoms with E-state index in [0.717, 1.165) is 0 Å². The summed E-state index contributed by atoms with van der Waals surface area (Å²) < 4.78 is 23.2. The Balaban J connectivity index is 1.73. The van der Waals surface area contributed by atoms with Crippen LogP contribution in [0.5, 0.6) is 0 Å². The van der Waals surface area contributed by atoms with Gasteiger partial charge in [0.05, 0.1) is 11.5 Å². The summed E-state index contributed by atoms with van der Waals surface area (Å²) in [6, 6.07) is 7.83. The topological polar surface area (TPSA) is 118 Å². The van der Waals surface area contributed by atoms with Crippen LogP contribution in [0.15, 0.2) is 30.3 Å². The summed E-state index contributed by atoms with van der Waals surface area (Å²) in [5.74, 6) is 0.556. The van der Waals surface area contributed by atoms with E-state index in [0.29, 0.717) is 29.3 Å². The van der Waals surface area contributed by atoms with Crippen LogP contribution in [-0.2, 0) is 9.84 Å². The molecule has 0 aliphatic carbocycles. The van der Waals surface area contributed by atoms with Crippen molar-refractivity contribution in [2.24, 2.45) is 0 Å². The van der Waals surface area contributed by atoms with E-state index in [2.05, 4.69) is 20.6 Å². The predicted octanol–water partition coefficient (Wildman–Crippen LogP) is 1.84. The quantitative estimate of drug-likeness (QED) is 0.750. The lowest BCUT2D eigenvalue weighted by molar-refractivity contribution is 0.101. The highest BCUT2D eigenvalue weighted by atomic mass is 32.2. The van der Waals surface area contributed by atoms with Gasteiger partial charge in [-0.05, 0) is 44.5 Å². The summed E-state index contributed by atoms with van der Waals surface area (Å²) in [5.41, 5.74) is 1.27. The van der Waals surface area contributed by atoms with E-state index in [4.69, 9.17) is 0 Å². The number of sulfone groups is 1. The zero-order valence-corrected chi connectivity index (χ0v) is 15.8. The van der Waals surface area contributed by atoms with Gasteiger partial charge in [-0.1, -0.05) is 0 Å². The second-order valence-corrected chi connectivity index (χ2v) is 8.75. The molecule has 1 aliphatic heterocycles. The first kappa shape index (κ1) is 19.0. The Hall–Kier alpha value is -2.81. The monoisotopic (exact) mass is 388 g/mol. The van der Waals surface area contributed by atoms with Gasteiger partial charge in [-0.25, -0.2) is 18.4 Å². The zero-order valence-electron chi connectivity index (χ0n) is 15.0.